The van der Waals surface area contributed by atoms with Crippen molar-refractivity contribution >= 4 is 29.9 Å². The van der Waals surface area contributed by atoms with Crippen LogP contribution >= 0.6 is 24.0 Å². The molecule has 2 aromatic rings. The number of nitrogens with one attached hydrogen (secondary N) is 1. The molecule has 1 aromatic heterocycles. The molecule has 2 rings (SSSR count). The van der Waals surface area contributed by atoms with Gasteiger partial charge in [-0.15, -0.1) is 24.0 Å². The van der Waals surface area contributed by atoms with Gasteiger partial charge in [-0.25, -0.2) is 0 Å². The number of ether oxygens (including phenoxy) is 1. The van der Waals surface area contributed by atoms with Crippen molar-refractivity contribution in [1.82, 2.24) is 20.0 Å². The maximum absolute atomic E-state index is 5.58. The van der Waals surface area contributed by atoms with Crippen molar-refractivity contribution in [3.63, 3.8) is 0 Å². The molecule has 0 bridgehead atoms. The predicted octanol–water partition coefficient (Wildman–Crippen LogP) is 3.91. The number of benzene rings is 1. The van der Waals surface area contributed by atoms with Crippen molar-refractivity contribution in [1.29, 1.82) is 0 Å². The smallest absolute Gasteiger partial charge is 0.193 e. The van der Waals surface area contributed by atoms with E-state index < -0.39 is 0 Å². The molecule has 0 atom stereocenters. The molecule has 156 valence electrons. The largest absolute Gasteiger partial charge is 0.377 e. The first-order chi connectivity index (χ1) is 13.0. The minimum atomic E-state index is 0. The number of guanidine groups is 1. The molecule has 0 aliphatic heterocycles. The Morgan fingerprint density at radius 1 is 1.25 bits per heavy atom. The van der Waals surface area contributed by atoms with Crippen molar-refractivity contribution in [3.8, 4) is 0 Å². The second-order valence-corrected chi connectivity index (χ2v) is 7.03. The minimum absolute atomic E-state index is 0. The lowest BCUT2D eigenvalue weighted by atomic mass is 10.1. The van der Waals surface area contributed by atoms with Crippen molar-refractivity contribution in [2.24, 2.45) is 12.0 Å². The van der Waals surface area contributed by atoms with Gasteiger partial charge in [0.2, 0.25) is 0 Å². The molecular weight excluding hydrogens is 465 g/mol. The maximum atomic E-state index is 5.58. The number of hydrogen-bond donors (Lipinski definition) is 1. The van der Waals surface area contributed by atoms with Gasteiger partial charge in [-0.1, -0.05) is 38.1 Å². The molecule has 0 unspecified atom stereocenters. The van der Waals surface area contributed by atoms with Crippen LogP contribution in [0.25, 0.3) is 0 Å². The number of aliphatic imine (C=N–C) groups is 1. The Morgan fingerprint density at radius 2 is 1.93 bits per heavy atom. The zero-order valence-electron chi connectivity index (χ0n) is 17.9. The van der Waals surface area contributed by atoms with Crippen LogP contribution in [-0.4, -0.2) is 41.3 Å². The summed E-state index contributed by atoms with van der Waals surface area (Å²) >= 11 is 0. The molecule has 28 heavy (non-hydrogen) atoms. The highest BCUT2D eigenvalue weighted by molar-refractivity contribution is 14.0. The van der Waals surface area contributed by atoms with Crippen LogP contribution in [0.2, 0.25) is 0 Å². The van der Waals surface area contributed by atoms with E-state index in [2.05, 4.69) is 71.7 Å². The lowest BCUT2D eigenvalue weighted by Gasteiger charge is -2.23. The van der Waals surface area contributed by atoms with E-state index in [-0.39, 0.29) is 24.0 Å². The monoisotopic (exact) mass is 499 g/mol. The fourth-order valence-electron chi connectivity index (χ4n) is 3.13. The molecule has 1 N–H and O–H groups in total. The van der Waals surface area contributed by atoms with Gasteiger partial charge in [0.25, 0.3) is 0 Å². The van der Waals surface area contributed by atoms with E-state index in [1.165, 1.54) is 16.7 Å². The summed E-state index contributed by atoms with van der Waals surface area (Å²) in [6.07, 6.45) is 2.09. The summed E-state index contributed by atoms with van der Waals surface area (Å²) in [6, 6.07) is 8.36. The summed E-state index contributed by atoms with van der Waals surface area (Å²) in [5, 5.41) is 8.07. The summed E-state index contributed by atoms with van der Waals surface area (Å²) < 4.78 is 7.47. The van der Waals surface area contributed by atoms with Gasteiger partial charge < -0.3 is 15.0 Å². The van der Waals surface area contributed by atoms with Gasteiger partial charge in [0.15, 0.2) is 5.96 Å². The van der Waals surface area contributed by atoms with Gasteiger partial charge >= 0.3 is 0 Å². The highest BCUT2D eigenvalue weighted by Crippen LogP contribution is 2.18. The second-order valence-electron chi connectivity index (χ2n) is 7.03. The number of aryl methyl sites for hydroxylation is 1. The Bertz CT molecular complexity index is 757. The first-order valence-electron chi connectivity index (χ1n) is 9.54. The lowest BCUT2D eigenvalue weighted by Crippen LogP contribution is -2.38. The quantitative estimate of drug-likeness (QED) is 0.340. The van der Waals surface area contributed by atoms with Crippen LogP contribution < -0.4 is 5.32 Å². The number of nitrogens with zero attached hydrogens (tertiary/aromatic N) is 4. The van der Waals surface area contributed by atoms with Gasteiger partial charge in [0, 0.05) is 52.6 Å². The first-order valence-corrected chi connectivity index (χ1v) is 9.54. The third kappa shape index (κ3) is 6.77. The van der Waals surface area contributed by atoms with Gasteiger partial charge in [-0.05, 0) is 24.0 Å². The Morgan fingerprint density at radius 3 is 2.54 bits per heavy atom. The van der Waals surface area contributed by atoms with E-state index in [0.717, 1.165) is 24.8 Å². The molecule has 0 radical (unpaired) electrons. The lowest BCUT2D eigenvalue weighted by molar-refractivity contribution is 0.133. The highest BCUT2D eigenvalue weighted by atomic mass is 127. The van der Waals surface area contributed by atoms with Crippen LogP contribution in [-0.2, 0) is 31.5 Å². The van der Waals surface area contributed by atoms with E-state index in [9.17, 15) is 0 Å². The molecule has 7 heteroatoms. The predicted molar refractivity (Wildman–Crippen MR) is 126 cm³/mol. The maximum Gasteiger partial charge on any atom is 0.193 e. The SMILES string of the molecule is CCOCc1ccccc1CNC(=NC)N(C)Cc1cn(C)nc1C(C)C.I. The summed E-state index contributed by atoms with van der Waals surface area (Å²) in [4.78, 5) is 6.58. The molecule has 1 aromatic carbocycles. The third-order valence-electron chi connectivity index (χ3n) is 4.48. The Labute approximate surface area is 186 Å². The Hall–Kier alpha value is -1.61. The van der Waals surface area contributed by atoms with E-state index in [1.807, 2.05) is 25.7 Å². The molecule has 6 nitrogen and oxygen atoms in total. The zero-order valence-corrected chi connectivity index (χ0v) is 20.2. The van der Waals surface area contributed by atoms with Gasteiger partial charge in [0.05, 0.1) is 12.3 Å². The van der Waals surface area contributed by atoms with Crippen molar-refractivity contribution in [2.75, 3.05) is 20.7 Å². The van der Waals surface area contributed by atoms with E-state index in [0.29, 0.717) is 19.1 Å². The van der Waals surface area contributed by atoms with Crippen molar-refractivity contribution in [2.45, 2.75) is 46.4 Å². The average molecular weight is 499 g/mol. The van der Waals surface area contributed by atoms with Crippen LogP contribution in [0.5, 0.6) is 0 Å². The van der Waals surface area contributed by atoms with Gasteiger partial charge in [0.1, 0.15) is 0 Å². The number of hydrogen-bond acceptors (Lipinski definition) is 3. The van der Waals surface area contributed by atoms with Crippen LogP contribution in [0.1, 0.15) is 49.1 Å². The molecular formula is C21H34IN5O. The number of rotatable bonds is 8. The summed E-state index contributed by atoms with van der Waals surface area (Å²) in [7, 11) is 5.84. The fraction of sp³-hybridized carbons (Fsp3) is 0.524. The molecule has 0 saturated heterocycles. The molecule has 0 amide bonds. The van der Waals surface area contributed by atoms with E-state index in [1.54, 1.807) is 0 Å². The number of aromatic nitrogens is 2. The van der Waals surface area contributed by atoms with Gasteiger partial charge in [-0.3, -0.25) is 9.67 Å². The van der Waals surface area contributed by atoms with E-state index >= 15 is 0 Å². The average Bonchev–Trinajstić information content (AvgIpc) is 3.01. The Balaban J connectivity index is 0.00000392. The molecule has 0 saturated carbocycles. The molecule has 0 fully saturated rings. The van der Waals surface area contributed by atoms with Gasteiger partial charge in [-0.2, -0.15) is 5.10 Å². The van der Waals surface area contributed by atoms with Crippen molar-refractivity contribution in [3.05, 3.63) is 52.8 Å². The highest BCUT2D eigenvalue weighted by Gasteiger charge is 2.15. The van der Waals surface area contributed by atoms with Crippen molar-refractivity contribution < 1.29 is 4.74 Å². The molecule has 0 aliphatic rings. The third-order valence-corrected chi connectivity index (χ3v) is 4.48. The standard InChI is InChI=1S/C21H33N5O.HI/c1-7-27-15-18-11-9-8-10-17(18)12-23-21(22-4)25(5)13-19-14-26(6)24-20(19)16(2)3;/h8-11,14,16H,7,12-13,15H2,1-6H3,(H,22,23);1H. The van der Waals surface area contributed by atoms with Crippen LogP contribution in [0, 0.1) is 0 Å². The molecule has 0 aliphatic carbocycles. The minimum Gasteiger partial charge on any atom is -0.377 e. The van der Waals surface area contributed by atoms with Crippen LogP contribution in [0.15, 0.2) is 35.5 Å². The second kappa shape index (κ2) is 12.1. The Kier molecular flexibility index (Phi) is 10.5. The van der Waals surface area contributed by atoms with Crippen LogP contribution in [0.4, 0.5) is 0 Å². The summed E-state index contributed by atoms with van der Waals surface area (Å²) in [6.45, 7) is 9.20. The molecule has 0 spiro atoms. The topological polar surface area (TPSA) is 54.7 Å². The van der Waals surface area contributed by atoms with E-state index in [4.69, 9.17) is 4.74 Å². The normalized spacial score (nSPS) is 11.5. The summed E-state index contributed by atoms with van der Waals surface area (Å²) in [5.41, 5.74) is 4.81. The first kappa shape index (κ1) is 24.4. The fourth-order valence-corrected chi connectivity index (χ4v) is 3.13. The summed E-state index contributed by atoms with van der Waals surface area (Å²) in [5.74, 6) is 1.26. The van der Waals surface area contributed by atoms with Crippen LogP contribution in [0.3, 0.4) is 0 Å². The number of halogens is 1. The zero-order chi connectivity index (χ0) is 19.8. The molecule has 1 heterocycles.